The van der Waals surface area contributed by atoms with Crippen LogP contribution in [0.2, 0.25) is 5.02 Å². The molecule has 0 aliphatic rings. The van der Waals surface area contributed by atoms with Gasteiger partial charge in [0, 0.05) is 23.2 Å². The summed E-state index contributed by atoms with van der Waals surface area (Å²) < 4.78 is 0. The van der Waals surface area contributed by atoms with Gasteiger partial charge in [0.25, 0.3) is 0 Å². The first-order valence-corrected chi connectivity index (χ1v) is 5.20. The smallest absolute Gasteiger partial charge is 0.228 e. The van der Waals surface area contributed by atoms with Crippen molar-refractivity contribution >= 4 is 23.2 Å². The Hall–Kier alpha value is -1.06. The van der Waals surface area contributed by atoms with Crippen LogP contribution in [0.1, 0.15) is 12.5 Å². The monoisotopic (exact) mass is 226 g/mol. The molecule has 0 spiro atoms. The van der Waals surface area contributed by atoms with Gasteiger partial charge in [-0.3, -0.25) is 4.79 Å². The van der Waals surface area contributed by atoms with Crippen LogP contribution in [0.4, 0.5) is 5.69 Å². The molecule has 1 unspecified atom stereocenters. The fourth-order valence-electron chi connectivity index (χ4n) is 1.11. The Kier molecular flexibility index (Phi) is 4.12. The van der Waals surface area contributed by atoms with Gasteiger partial charge >= 0.3 is 0 Å². The third kappa shape index (κ3) is 2.94. The van der Waals surface area contributed by atoms with Crippen LogP contribution in [-0.4, -0.2) is 12.5 Å². The minimum atomic E-state index is -0.191. The molecule has 3 nitrogen and oxygen atoms in total. The molecule has 1 amide bonds. The maximum atomic E-state index is 11.6. The van der Waals surface area contributed by atoms with E-state index in [1.54, 1.807) is 19.1 Å². The molecule has 0 saturated heterocycles. The lowest BCUT2D eigenvalue weighted by Crippen LogP contribution is -2.26. The average Bonchev–Trinajstić information content (AvgIpc) is 2.23. The van der Waals surface area contributed by atoms with Crippen molar-refractivity contribution in [3.63, 3.8) is 0 Å². The number of nitrogens with one attached hydrogen (secondary N) is 1. The molecule has 0 aromatic heterocycles. The van der Waals surface area contributed by atoms with Crippen LogP contribution in [0, 0.1) is 12.8 Å². The minimum Gasteiger partial charge on any atom is -0.330 e. The van der Waals surface area contributed by atoms with Gasteiger partial charge in [-0.25, -0.2) is 0 Å². The molecular formula is C11H15ClN2O. The van der Waals surface area contributed by atoms with Crippen LogP contribution in [0.25, 0.3) is 0 Å². The van der Waals surface area contributed by atoms with Crippen molar-refractivity contribution < 1.29 is 4.79 Å². The molecule has 1 aromatic rings. The normalized spacial score (nSPS) is 12.3. The lowest BCUT2D eigenvalue weighted by molar-refractivity contribution is -0.119. The maximum absolute atomic E-state index is 11.6. The zero-order valence-corrected chi connectivity index (χ0v) is 9.64. The lowest BCUT2D eigenvalue weighted by Gasteiger charge is -2.12. The topological polar surface area (TPSA) is 55.1 Å². The van der Waals surface area contributed by atoms with Crippen molar-refractivity contribution in [3.8, 4) is 0 Å². The highest BCUT2D eigenvalue weighted by atomic mass is 35.5. The predicted molar refractivity (Wildman–Crippen MR) is 63.0 cm³/mol. The highest BCUT2D eigenvalue weighted by Gasteiger charge is 2.12. The van der Waals surface area contributed by atoms with E-state index in [0.717, 1.165) is 11.3 Å². The summed E-state index contributed by atoms with van der Waals surface area (Å²) in [6.07, 6.45) is 0. The van der Waals surface area contributed by atoms with Crippen LogP contribution in [0.5, 0.6) is 0 Å². The van der Waals surface area contributed by atoms with Crippen molar-refractivity contribution in [1.82, 2.24) is 0 Å². The zero-order chi connectivity index (χ0) is 11.4. The second-order valence-electron chi connectivity index (χ2n) is 3.54. The molecule has 82 valence electrons. The van der Waals surface area contributed by atoms with Crippen molar-refractivity contribution in [2.75, 3.05) is 11.9 Å². The van der Waals surface area contributed by atoms with Crippen molar-refractivity contribution in [3.05, 3.63) is 28.8 Å². The minimum absolute atomic E-state index is 0.0807. The first kappa shape index (κ1) is 12.0. The predicted octanol–water partition coefficient (Wildman–Crippen LogP) is 2.18. The number of amides is 1. The molecule has 0 radical (unpaired) electrons. The summed E-state index contributed by atoms with van der Waals surface area (Å²) in [5.41, 5.74) is 7.02. The number of nitrogens with two attached hydrogens (primary N) is 1. The third-order valence-corrected chi connectivity index (χ3v) is 2.74. The van der Waals surface area contributed by atoms with E-state index >= 15 is 0 Å². The van der Waals surface area contributed by atoms with E-state index in [-0.39, 0.29) is 11.8 Å². The van der Waals surface area contributed by atoms with E-state index in [0.29, 0.717) is 11.6 Å². The van der Waals surface area contributed by atoms with Gasteiger partial charge in [0.05, 0.1) is 0 Å². The molecule has 1 aromatic carbocycles. The van der Waals surface area contributed by atoms with E-state index in [1.807, 2.05) is 13.0 Å². The molecule has 0 bridgehead atoms. The summed E-state index contributed by atoms with van der Waals surface area (Å²) in [7, 11) is 0. The van der Waals surface area contributed by atoms with Gasteiger partial charge in [-0.1, -0.05) is 24.6 Å². The maximum Gasteiger partial charge on any atom is 0.228 e. The van der Waals surface area contributed by atoms with Crippen molar-refractivity contribution in [2.45, 2.75) is 13.8 Å². The van der Waals surface area contributed by atoms with Gasteiger partial charge in [-0.05, 0) is 24.6 Å². The van der Waals surface area contributed by atoms with E-state index in [9.17, 15) is 4.79 Å². The molecule has 0 heterocycles. The van der Waals surface area contributed by atoms with Crippen molar-refractivity contribution in [2.24, 2.45) is 11.7 Å². The summed E-state index contributed by atoms with van der Waals surface area (Å²) in [6.45, 7) is 3.99. The number of carbonyl (C=O) groups is 1. The molecule has 3 N–H and O–H groups in total. The van der Waals surface area contributed by atoms with Gasteiger partial charge in [0.1, 0.15) is 0 Å². The number of anilines is 1. The molecule has 0 aliphatic carbocycles. The summed E-state index contributed by atoms with van der Waals surface area (Å²) in [5.74, 6) is -0.272. The Morgan fingerprint density at radius 3 is 2.87 bits per heavy atom. The number of hydrogen-bond donors (Lipinski definition) is 2. The highest BCUT2D eigenvalue weighted by Crippen LogP contribution is 2.23. The molecule has 0 fully saturated rings. The molecule has 1 atom stereocenters. The standard InChI is InChI=1S/C11H15ClN2O/c1-7(6-13)11(15)14-10-5-3-4-9(12)8(10)2/h3-5,7H,6,13H2,1-2H3,(H,14,15). The molecule has 0 aliphatic heterocycles. The molecule has 15 heavy (non-hydrogen) atoms. The van der Waals surface area contributed by atoms with E-state index in [4.69, 9.17) is 17.3 Å². The van der Waals surface area contributed by atoms with Gasteiger partial charge in [0.2, 0.25) is 5.91 Å². The van der Waals surface area contributed by atoms with Crippen LogP contribution in [0.15, 0.2) is 18.2 Å². The van der Waals surface area contributed by atoms with Crippen LogP contribution < -0.4 is 11.1 Å². The lowest BCUT2D eigenvalue weighted by atomic mass is 10.1. The summed E-state index contributed by atoms with van der Waals surface area (Å²) >= 11 is 5.93. The SMILES string of the molecule is Cc1c(Cl)cccc1NC(=O)C(C)CN. The number of carbonyl (C=O) groups excluding carboxylic acids is 1. The van der Waals surface area contributed by atoms with Gasteiger partial charge in [0.15, 0.2) is 0 Å². The largest absolute Gasteiger partial charge is 0.330 e. The summed E-state index contributed by atoms with van der Waals surface area (Å²) in [6, 6.07) is 5.42. The van der Waals surface area contributed by atoms with Gasteiger partial charge in [-0.2, -0.15) is 0 Å². The molecule has 0 saturated carbocycles. The van der Waals surface area contributed by atoms with Crippen LogP contribution in [0.3, 0.4) is 0 Å². The van der Waals surface area contributed by atoms with Gasteiger partial charge < -0.3 is 11.1 Å². The number of rotatable bonds is 3. The number of halogens is 1. The molecule has 1 rings (SSSR count). The Morgan fingerprint density at radius 2 is 2.27 bits per heavy atom. The Morgan fingerprint density at radius 1 is 1.60 bits per heavy atom. The van der Waals surface area contributed by atoms with Crippen LogP contribution in [-0.2, 0) is 4.79 Å². The molecular weight excluding hydrogens is 212 g/mol. The second kappa shape index (κ2) is 5.14. The van der Waals surface area contributed by atoms with Crippen molar-refractivity contribution in [1.29, 1.82) is 0 Å². The zero-order valence-electron chi connectivity index (χ0n) is 8.88. The third-order valence-electron chi connectivity index (χ3n) is 2.33. The van der Waals surface area contributed by atoms with E-state index in [1.165, 1.54) is 0 Å². The second-order valence-corrected chi connectivity index (χ2v) is 3.95. The highest BCUT2D eigenvalue weighted by molar-refractivity contribution is 6.31. The average molecular weight is 227 g/mol. The Bertz CT molecular complexity index is 366. The van der Waals surface area contributed by atoms with Crippen LogP contribution >= 0.6 is 11.6 Å². The van der Waals surface area contributed by atoms with E-state index in [2.05, 4.69) is 5.32 Å². The quantitative estimate of drug-likeness (QED) is 0.830. The Balaban J connectivity index is 2.81. The first-order chi connectivity index (χ1) is 7.06. The fourth-order valence-corrected chi connectivity index (χ4v) is 1.28. The number of benzene rings is 1. The van der Waals surface area contributed by atoms with E-state index < -0.39 is 0 Å². The fraction of sp³-hybridized carbons (Fsp3) is 0.364. The summed E-state index contributed by atoms with van der Waals surface area (Å²) in [4.78, 5) is 11.6. The number of hydrogen-bond acceptors (Lipinski definition) is 2. The van der Waals surface area contributed by atoms with Gasteiger partial charge in [-0.15, -0.1) is 0 Å². The first-order valence-electron chi connectivity index (χ1n) is 4.82. The Labute approximate surface area is 94.6 Å². The molecule has 4 heteroatoms. The summed E-state index contributed by atoms with van der Waals surface area (Å²) in [5, 5.41) is 3.44.